The van der Waals surface area contributed by atoms with Crippen LogP contribution in [0.2, 0.25) is 0 Å². The van der Waals surface area contributed by atoms with Crippen LogP contribution in [0.25, 0.3) is 0 Å². The highest BCUT2D eigenvalue weighted by Gasteiger charge is 2.48. The molecule has 1 aliphatic rings. The largest absolute Gasteiger partial charge is 0.446 e. The topological polar surface area (TPSA) is 62.3 Å². The monoisotopic (exact) mass is 553 g/mol. The van der Waals surface area contributed by atoms with Crippen molar-refractivity contribution in [2.75, 3.05) is 4.90 Å². The number of hydrogen-bond acceptors (Lipinski definition) is 4. The molecule has 1 saturated carbocycles. The number of nitrogens with one attached hydrogen (secondary N) is 1. The zero-order valence-electron chi connectivity index (χ0n) is 18.9. The number of pyridine rings is 1. The highest BCUT2D eigenvalue weighted by molar-refractivity contribution is 8.00. The van der Waals surface area contributed by atoms with Crippen molar-refractivity contribution in [1.82, 2.24) is 10.3 Å². The Bertz CT molecular complexity index is 1060. The number of benzene rings is 1. The molecular weight excluding hydrogens is 532 g/mol. The Morgan fingerprint density at radius 3 is 2.28 bits per heavy atom. The molecule has 196 valence electrons. The SMILES string of the molecule is C[C@](C(=O)NC1CCC(F)(F)CC1)(c1cccnc1)N(C(=O)[C@H](F)Cl)c1ccc(SC(F)(F)F)cc1. The highest BCUT2D eigenvalue weighted by Crippen LogP contribution is 2.40. The van der Waals surface area contributed by atoms with Crippen LogP contribution in [0.5, 0.6) is 0 Å². The number of halogens is 7. The molecule has 1 fully saturated rings. The van der Waals surface area contributed by atoms with Gasteiger partial charge < -0.3 is 5.32 Å². The van der Waals surface area contributed by atoms with Gasteiger partial charge in [-0.1, -0.05) is 17.7 Å². The molecule has 0 aliphatic heterocycles. The molecule has 13 heteroatoms. The molecule has 5 nitrogen and oxygen atoms in total. The van der Waals surface area contributed by atoms with Crippen LogP contribution >= 0.6 is 23.4 Å². The standard InChI is InChI=1S/C23H22ClF6N3O2S/c1-21(14-3-2-12-31-13-14,20(35)32-15-8-10-22(26,27)11-9-15)33(19(34)18(24)25)16-4-6-17(7-5-16)36-23(28,29)30/h2-7,12-13,15,18H,8-11H2,1H3,(H,32,35)/t18-,21+/m0/s1. The van der Waals surface area contributed by atoms with Crippen molar-refractivity contribution >= 4 is 40.9 Å². The first-order valence-electron chi connectivity index (χ1n) is 10.8. The Hall–Kier alpha value is -2.47. The zero-order valence-corrected chi connectivity index (χ0v) is 20.4. The number of thioether (sulfide) groups is 1. The lowest BCUT2D eigenvalue weighted by Crippen LogP contribution is -2.60. The average Bonchev–Trinajstić information content (AvgIpc) is 2.81. The van der Waals surface area contributed by atoms with E-state index in [-0.39, 0.29) is 40.7 Å². The maximum absolute atomic E-state index is 14.2. The second-order valence-corrected chi connectivity index (χ2v) is 9.96. The molecule has 1 N–H and O–H groups in total. The van der Waals surface area contributed by atoms with E-state index in [2.05, 4.69) is 10.3 Å². The van der Waals surface area contributed by atoms with E-state index in [1.54, 1.807) is 0 Å². The maximum Gasteiger partial charge on any atom is 0.446 e. The van der Waals surface area contributed by atoms with Crippen LogP contribution in [0.15, 0.2) is 53.7 Å². The van der Waals surface area contributed by atoms with E-state index in [0.29, 0.717) is 0 Å². The first-order chi connectivity index (χ1) is 16.7. The number of carbonyl (C=O) groups excluding carboxylic acids is 2. The van der Waals surface area contributed by atoms with Gasteiger partial charge in [-0.25, -0.2) is 13.2 Å². The molecule has 2 aromatic rings. The minimum absolute atomic E-state index is 0.0135. The Labute approximate surface area is 212 Å². The quantitative estimate of drug-likeness (QED) is 0.253. The minimum Gasteiger partial charge on any atom is -0.351 e. The van der Waals surface area contributed by atoms with Crippen molar-refractivity contribution in [2.45, 2.75) is 66.1 Å². The lowest BCUT2D eigenvalue weighted by Gasteiger charge is -2.41. The van der Waals surface area contributed by atoms with E-state index in [9.17, 15) is 35.9 Å². The molecule has 2 amide bonds. The molecule has 0 spiro atoms. The van der Waals surface area contributed by atoms with Gasteiger partial charge in [0.1, 0.15) is 0 Å². The van der Waals surface area contributed by atoms with E-state index in [0.717, 1.165) is 29.2 Å². The van der Waals surface area contributed by atoms with Crippen LogP contribution in [0.3, 0.4) is 0 Å². The number of alkyl halides is 7. The summed E-state index contributed by atoms with van der Waals surface area (Å²) in [5, 5.41) is 2.67. The molecule has 1 aromatic carbocycles. The normalized spacial score (nSPS) is 18.7. The zero-order chi connectivity index (χ0) is 26.7. The van der Waals surface area contributed by atoms with E-state index in [1.807, 2.05) is 0 Å². The van der Waals surface area contributed by atoms with Crippen molar-refractivity contribution in [1.29, 1.82) is 0 Å². The lowest BCUT2D eigenvalue weighted by molar-refractivity contribution is -0.132. The molecule has 0 radical (unpaired) electrons. The van der Waals surface area contributed by atoms with Crippen molar-refractivity contribution in [2.24, 2.45) is 0 Å². The highest BCUT2D eigenvalue weighted by atomic mass is 35.5. The molecule has 0 unspecified atom stereocenters. The van der Waals surface area contributed by atoms with Gasteiger partial charge in [-0.3, -0.25) is 19.5 Å². The molecule has 1 aromatic heterocycles. The van der Waals surface area contributed by atoms with Gasteiger partial charge in [0.15, 0.2) is 5.54 Å². The third-order valence-electron chi connectivity index (χ3n) is 5.90. The Balaban J connectivity index is 2.04. The van der Waals surface area contributed by atoms with E-state index in [1.165, 1.54) is 31.5 Å². The molecule has 0 saturated heterocycles. The van der Waals surface area contributed by atoms with E-state index in [4.69, 9.17) is 11.6 Å². The number of rotatable bonds is 7. The Kier molecular flexibility index (Phi) is 8.49. The van der Waals surface area contributed by atoms with Gasteiger partial charge >= 0.3 is 5.51 Å². The number of aromatic nitrogens is 1. The Morgan fingerprint density at radius 2 is 1.78 bits per heavy atom. The number of amides is 2. The summed E-state index contributed by atoms with van der Waals surface area (Å²) in [6.45, 7) is 1.30. The van der Waals surface area contributed by atoms with Crippen LogP contribution in [-0.4, -0.2) is 39.9 Å². The second-order valence-electron chi connectivity index (χ2n) is 8.43. The van der Waals surface area contributed by atoms with Gasteiger partial charge in [-0.15, -0.1) is 0 Å². The number of nitrogens with zero attached hydrogens (tertiary/aromatic N) is 2. The molecule has 1 aliphatic carbocycles. The fourth-order valence-electron chi connectivity index (χ4n) is 4.02. The lowest BCUT2D eigenvalue weighted by atomic mass is 9.87. The van der Waals surface area contributed by atoms with Gasteiger partial charge in [0, 0.05) is 47.4 Å². The number of carbonyl (C=O) groups is 2. The third kappa shape index (κ3) is 6.64. The summed E-state index contributed by atoms with van der Waals surface area (Å²) in [5.41, 5.74) is -9.10. The minimum atomic E-state index is -4.56. The fraction of sp³-hybridized carbons (Fsp3) is 0.435. The van der Waals surface area contributed by atoms with E-state index >= 15 is 0 Å². The first kappa shape index (κ1) is 28.1. The van der Waals surface area contributed by atoms with Crippen LogP contribution in [0.1, 0.15) is 38.2 Å². The molecule has 3 rings (SSSR count). The second kappa shape index (κ2) is 10.9. The molecule has 2 atom stereocenters. The molecular formula is C23H22ClF6N3O2S. The van der Waals surface area contributed by atoms with Gasteiger partial charge in [-0.2, -0.15) is 13.2 Å². The van der Waals surface area contributed by atoms with Crippen molar-refractivity contribution < 1.29 is 35.9 Å². The summed E-state index contributed by atoms with van der Waals surface area (Å²) in [7, 11) is 0. The average molecular weight is 554 g/mol. The third-order valence-corrected chi connectivity index (χ3v) is 6.83. The Morgan fingerprint density at radius 1 is 1.17 bits per heavy atom. The molecule has 36 heavy (non-hydrogen) atoms. The van der Waals surface area contributed by atoms with Crippen LogP contribution in [0, 0.1) is 0 Å². The summed E-state index contributed by atoms with van der Waals surface area (Å²) >= 11 is 5.09. The maximum atomic E-state index is 14.2. The van der Waals surface area contributed by atoms with Crippen molar-refractivity contribution in [3.05, 3.63) is 54.4 Å². The van der Waals surface area contributed by atoms with Crippen LogP contribution < -0.4 is 10.2 Å². The van der Waals surface area contributed by atoms with Crippen molar-refractivity contribution in [3.8, 4) is 0 Å². The molecule has 1 heterocycles. The van der Waals surface area contributed by atoms with Gasteiger partial charge in [0.25, 0.3) is 17.4 Å². The van der Waals surface area contributed by atoms with Crippen LogP contribution in [0.4, 0.5) is 32.0 Å². The van der Waals surface area contributed by atoms with Gasteiger partial charge in [0.05, 0.1) is 0 Å². The predicted octanol–water partition coefficient (Wildman–Crippen LogP) is 6.17. The summed E-state index contributed by atoms with van der Waals surface area (Å²) in [5.74, 6) is -5.00. The number of hydrogen-bond donors (Lipinski definition) is 1. The first-order valence-corrected chi connectivity index (χ1v) is 12.1. The smallest absolute Gasteiger partial charge is 0.351 e. The van der Waals surface area contributed by atoms with E-state index < -0.39 is 53.3 Å². The van der Waals surface area contributed by atoms with Crippen LogP contribution in [-0.2, 0) is 15.1 Å². The predicted molar refractivity (Wildman–Crippen MR) is 124 cm³/mol. The van der Waals surface area contributed by atoms with Gasteiger partial charge in [-0.05, 0) is 61.9 Å². The van der Waals surface area contributed by atoms with Crippen molar-refractivity contribution in [3.63, 3.8) is 0 Å². The summed E-state index contributed by atoms with van der Waals surface area (Å²) < 4.78 is 79.6. The van der Waals surface area contributed by atoms with Gasteiger partial charge in [0.2, 0.25) is 5.92 Å². The summed E-state index contributed by atoms with van der Waals surface area (Å²) in [6.07, 6.45) is 1.78. The number of anilines is 1. The summed E-state index contributed by atoms with van der Waals surface area (Å²) in [4.78, 5) is 31.2. The molecule has 0 bridgehead atoms. The fourth-order valence-corrected chi connectivity index (χ4v) is 4.66. The summed E-state index contributed by atoms with van der Waals surface area (Å²) in [6, 6.07) is 6.70.